The number of carbonyl (C=O) groups excluding carboxylic acids is 7. The summed E-state index contributed by atoms with van der Waals surface area (Å²) in [7, 11) is 0. The molecule has 0 aromatic carbocycles. The number of rotatable bonds is 15. The predicted molar refractivity (Wildman–Crippen MR) is 137 cm³/mol. The van der Waals surface area contributed by atoms with Gasteiger partial charge in [0.25, 0.3) is 11.8 Å². The Morgan fingerprint density at radius 2 is 1.74 bits per heavy atom. The second-order valence-electron chi connectivity index (χ2n) is 10.2. The SMILES string of the molecule is [2H]C(=O)CNC(=O)[C@H](CCCNC(N)=O)CC(=O)[C@@H](NC(=O)C1CCC(CN2C(=O)C=CC2=O)CC1)C(C)C. The lowest BCUT2D eigenvalue weighted by Gasteiger charge is -2.31. The van der Waals surface area contributed by atoms with Crippen molar-refractivity contribution in [2.75, 3.05) is 19.6 Å². The van der Waals surface area contributed by atoms with E-state index in [9.17, 15) is 33.6 Å². The topological polar surface area (TPSA) is 185 Å². The maximum atomic E-state index is 13.2. The Morgan fingerprint density at radius 1 is 1.11 bits per heavy atom. The van der Waals surface area contributed by atoms with Gasteiger partial charge in [0.05, 0.1) is 12.6 Å². The van der Waals surface area contributed by atoms with Crippen molar-refractivity contribution in [1.82, 2.24) is 20.9 Å². The van der Waals surface area contributed by atoms with Gasteiger partial charge < -0.3 is 26.5 Å². The molecule has 0 bridgehead atoms. The first kappa shape index (κ1) is 29.0. The molecule has 12 nitrogen and oxygen atoms in total. The van der Waals surface area contributed by atoms with E-state index in [1.54, 1.807) is 13.8 Å². The normalized spacial score (nSPS) is 21.0. The average Bonchev–Trinajstić information content (AvgIpc) is 3.19. The average molecular weight is 535 g/mol. The lowest BCUT2D eigenvalue weighted by molar-refractivity contribution is -0.138. The molecule has 0 aromatic heterocycles. The summed E-state index contributed by atoms with van der Waals surface area (Å²) >= 11 is 0. The van der Waals surface area contributed by atoms with Crippen LogP contribution in [0.3, 0.4) is 0 Å². The molecule has 1 heterocycles. The molecule has 1 fully saturated rings. The van der Waals surface area contributed by atoms with Crippen LogP contribution in [0.15, 0.2) is 12.2 Å². The van der Waals surface area contributed by atoms with E-state index in [0.29, 0.717) is 38.6 Å². The number of nitrogens with one attached hydrogen (secondary N) is 3. The Morgan fingerprint density at radius 3 is 2.29 bits per heavy atom. The van der Waals surface area contributed by atoms with Crippen molar-refractivity contribution >= 4 is 41.7 Å². The highest BCUT2D eigenvalue weighted by atomic mass is 16.2. The summed E-state index contributed by atoms with van der Waals surface area (Å²) in [6.07, 6.45) is 4.42. The number of amides is 6. The van der Waals surface area contributed by atoms with Crippen LogP contribution in [-0.2, 0) is 28.8 Å². The predicted octanol–water partition coefficient (Wildman–Crippen LogP) is 0.198. The van der Waals surface area contributed by atoms with Crippen molar-refractivity contribution in [3.8, 4) is 0 Å². The molecular formula is C26H39N5O7. The van der Waals surface area contributed by atoms with Gasteiger partial charge in [-0.15, -0.1) is 0 Å². The molecule has 1 saturated carbocycles. The number of urea groups is 1. The molecule has 12 heteroatoms. The zero-order chi connectivity index (χ0) is 29.1. The fraction of sp³-hybridized carbons (Fsp3) is 0.654. The van der Waals surface area contributed by atoms with Gasteiger partial charge in [0.1, 0.15) is 7.63 Å². The molecule has 0 saturated heterocycles. The molecule has 0 spiro atoms. The van der Waals surface area contributed by atoms with Crippen molar-refractivity contribution in [3.05, 3.63) is 12.2 Å². The standard InChI is InChI=1S/C26H39N5O7/c1-16(2)23(20(33)14-19(24(36)28-12-13-32)4-3-11-29-26(27)38)30-25(37)18-7-5-17(6-8-18)15-31-21(34)9-10-22(31)35/h9-10,13,16-19,23H,3-8,11-12,14-15H2,1-2H3,(H,28,36)(H,30,37)(H3,27,29,38)/t17?,18?,19-,23+/m1/s1/i13D. The third-order valence-corrected chi connectivity index (χ3v) is 7.05. The second-order valence-corrected chi connectivity index (χ2v) is 10.2. The minimum Gasteiger partial charge on any atom is -0.352 e. The van der Waals surface area contributed by atoms with Crippen LogP contribution in [-0.4, -0.2) is 72.3 Å². The Kier molecular flexibility index (Phi) is 11.4. The van der Waals surface area contributed by atoms with Gasteiger partial charge in [0.15, 0.2) is 5.78 Å². The zero-order valence-corrected chi connectivity index (χ0v) is 22.0. The van der Waals surface area contributed by atoms with Gasteiger partial charge in [-0.1, -0.05) is 13.8 Å². The Labute approximate surface area is 223 Å². The quantitative estimate of drug-likeness (QED) is 0.131. The second kappa shape index (κ2) is 15.0. The maximum absolute atomic E-state index is 13.2. The van der Waals surface area contributed by atoms with E-state index in [0.717, 1.165) is 0 Å². The molecule has 38 heavy (non-hydrogen) atoms. The number of ketones is 1. The summed E-state index contributed by atoms with van der Waals surface area (Å²) in [5.41, 5.74) is 5.05. The van der Waals surface area contributed by atoms with Crippen LogP contribution in [0.2, 0.25) is 0 Å². The minimum absolute atomic E-state index is 0.114. The third kappa shape index (κ3) is 9.38. The fourth-order valence-corrected chi connectivity index (χ4v) is 4.89. The molecule has 2 aliphatic rings. The van der Waals surface area contributed by atoms with Crippen LogP contribution in [0.25, 0.3) is 0 Å². The molecule has 6 amide bonds. The Bertz CT molecular complexity index is 973. The van der Waals surface area contributed by atoms with Gasteiger partial charge >= 0.3 is 6.03 Å². The summed E-state index contributed by atoms with van der Waals surface area (Å²) < 4.78 is 6.99. The largest absolute Gasteiger partial charge is 0.352 e. The number of Topliss-reactive ketones (excluding diaryl/α,β-unsaturated/α-hetero) is 1. The molecule has 2 atom stereocenters. The van der Waals surface area contributed by atoms with Crippen molar-refractivity contribution in [1.29, 1.82) is 0 Å². The maximum Gasteiger partial charge on any atom is 0.312 e. The van der Waals surface area contributed by atoms with Crippen LogP contribution in [0, 0.1) is 23.7 Å². The monoisotopic (exact) mass is 534 g/mol. The minimum atomic E-state index is -0.971. The van der Waals surface area contributed by atoms with Gasteiger partial charge in [-0.2, -0.15) is 0 Å². The molecular weight excluding hydrogens is 494 g/mol. The van der Waals surface area contributed by atoms with Gasteiger partial charge in [-0.25, -0.2) is 4.79 Å². The first-order chi connectivity index (χ1) is 18.4. The van der Waals surface area contributed by atoms with Crippen LogP contribution >= 0.6 is 0 Å². The summed E-state index contributed by atoms with van der Waals surface area (Å²) in [6.45, 7) is 3.64. The smallest absolute Gasteiger partial charge is 0.312 e. The molecule has 210 valence electrons. The number of hydrogen-bond donors (Lipinski definition) is 4. The third-order valence-electron chi connectivity index (χ3n) is 7.05. The number of hydrogen-bond acceptors (Lipinski definition) is 7. The highest BCUT2D eigenvalue weighted by molar-refractivity contribution is 6.12. The van der Waals surface area contributed by atoms with E-state index in [1.807, 2.05) is 0 Å². The zero-order valence-electron chi connectivity index (χ0n) is 23.0. The number of aldehydes is 1. The lowest BCUT2D eigenvalue weighted by Crippen LogP contribution is -2.48. The molecule has 5 N–H and O–H groups in total. The summed E-state index contributed by atoms with van der Waals surface area (Å²) in [5, 5.41) is 7.63. The van der Waals surface area contributed by atoms with Crippen LogP contribution in [0.1, 0.15) is 60.2 Å². The van der Waals surface area contributed by atoms with E-state index in [4.69, 9.17) is 7.10 Å². The highest BCUT2D eigenvalue weighted by Crippen LogP contribution is 2.30. The number of carbonyl (C=O) groups is 7. The van der Waals surface area contributed by atoms with E-state index >= 15 is 0 Å². The van der Waals surface area contributed by atoms with E-state index < -0.39 is 36.7 Å². The van der Waals surface area contributed by atoms with Crippen molar-refractivity contribution in [2.24, 2.45) is 29.4 Å². The summed E-state index contributed by atoms with van der Waals surface area (Å²) in [5.74, 6) is -3.02. The van der Waals surface area contributed by atoms with E-state index in [2.05, 4.69) is 16.0 Å². The van der Waals surface area contributed by atoms with Crippen LogP contribution in [0.5, 0.6) is 0 Å². The number of nitrogens with zero attached hydrogens (tertiary/aromatic N) is 1. The summed E-state index contributed by atoms with van der Waals surface area (Å²) in [4.78, 5) is 85.6. The van der Waals surface area contributed by atoms with E-state index in [-0.39, 0.29) is 60.6 Å². The van der Waals surface area contributed by atoms with Crippen molar-refractivity contribution in [2.45, 2.75) is 64.8 Å². The van der Waals surface area contributed by atoms with Crippen molar-refractivity contribution < 1.29 is 34.9 Å². The van der Waals surface area contributed by atoms with Crippen LogP contribution in [0.4, 0.5) is 4.79 Å². The molecule has 2 rings (SSSR count). The number of primary amides is 1. The lowest BCUT2D eigenvalue weighted by atomic mass is 9.81. The van der Waals surface area contributed by atoms with E-state index in [1.165, 1.54) is 17.1 Å². The van der Waals surface area contributed by atoms with Crippen molar-refractivity contribution in [3.63, 3.8) is 0 Å². The molecule has 1 aliphatic carbocycles. The first-order valence-electron chi connectivity index (χ1n) is 13.6. The first-order valence-corrected chi connectivity index (χ1v) is 13.1. The van der Waals surface area contributed by atoms with Crippen LogP contribution < -0.4 is 21.7 Å². The Hall–Kier alpha value is -3.57. The Balaban J connectivity index is 1.93. The number of nitrogens with two attached hydrogens (primary N) is 1. The molecule has 0 aromatic rings. The molecule has 1 aliphatic heterocycles. The molecule has 0 unspecified atom stereocenters. The number of imide groups is 1. The van der Waals surface area contributed by atoms with Gasteiger partial charge in [-0.05, 0) is 50.4 Å². The fourth-order valence-electron chi connectivity index (χ4n) is 4.89. The van der Waals surface area contributed by atoms with Gasteiger partial charge in [0.2, 0.25) is 11.8 Å². The van der Waals surface area contributed by atoms with Gasteiger partial charge in [0, 0.05) is 43.5 Å². The molecule has 0 radical (unpaired) electrons. The highest BCUT2D eigenvalue weighted by Gasteiger charge is 2.34. The summed E-state index contributed by atoms with van der Waals surface area (Å²) in [6, 6.07) is -1.53. The van der Waals surface area contributed by atoms with Gasteiger partial charge in [-0.3, -0.25) is 28.9 Å².